The van der Waals surface area contributed by atoms with Crippen molar-refractivity contribution < 1.29 is 4.42 Å². The van der Waals surface area contributed by atoms with Gasteiger partial charge in [0.25, 0.3) is 6.71 Å². The minimum atomic E-state index is 0.0302. The number of unbranched alkanes of at least 4 members (excludes halogenated alkanes) is 1. The summed E-state index contributed by atoms with van der Waals surface area (Å²) in [5, 5.41) is 7.37. The van der Waals surface area contributed by atoms with Gasteiger partial charge in [0.1, 0.15) is 5.76 Å². The van der Waals surface area contributed by atoms with E-state index in [2.05, 4.69) is 168 Å². The second kappa shape index (κ2) is 17.5. The molecule has 3 rings (SSSR count). The van der Waals surface area contributed by atoms with Crippen molar-refractivity contribution in [3.05, 3.63) is 100 Å². The quantitative estimate of drug-likeness (QED) is 0.105. The molecule has 1 atom stereocenters. The first-order chi connectivity index (χ1) is 23.0. The number of furan rings is 1. The molecular formula is C45H71BN2O. The summed E-state index contributed by atoms with van der Waals surface area (Å²) in [4.78, 5) is 0. The Hall–Kier alpha value is -2.72. The number of rotatable bonds is 16. The van der Waals surface area contributed by atoms with Crippen molar-refractivity contribution in [2.45, 2.75) is 146 Å². The molecule has 0 amide bonds. The third-order valence-electron chi connectivity index (χ3n) is 11.4. The van der Waals surface area contributed by atoms with Crippen LogP contribution in [0.25, 0.3) is 0 Å². The Labute approximate surface area is 302 Å². The largest absolute Gasteiger partial charge is 0.474 e. The molecule has 0 fully saturated rings. The van der Waals surface area contributed by atoms with Gasteiger partial charge in [-0.3, -0.25) is 0 Å². The molecule has 0 aromatic carbocycles. The number of hydrogen-bond acceptors (Lipinski definition) is 3. The molecule has 2 N–H and O–H groups in total. The van der Waals surface area contributed by atoms with Crippen LogP contribution in [0.2, 0.25) is 0 Å². The Morgan fingerprint density at radius 1 is 0.878 bits per heavy atom. The van der Waals surface area contributed by atoms with E-state index in [0.717, 1.165) is 30.9 Å². The third-order valence-corrected chi connectivity index (χ3v) is 11.4. The average Bonchev–Trinajstić information content (AvgIpc) is 3.51. The first-order valence-corrected chi connectivity index (χ1v) is 19.3. The van der Waals surface area contributed by atoms with Gasteiger partial charge < -0.3 is 15.1 Å². The molecule has 0 saturated heterocycles. The van der Waals surface area contributed by atoms with Gasteiger partial charge >= 0.3 is 0 Å². The normalized spacial score (nSPS) is 21.3. The fourth-order valence-corrected chi connectivity index (χ4v) is 7.71. The number of allylic oxidation sites excluding steroid dienone is 9. The molecule has 49 heavy (non-hydrogen) atoms. The highest BCUT2D eigenvalue weighted by Crippen LogP contribution is 2.50. The molecule has 0 bridgehead atoms. The Bertz CT molecular complexity index is 1420. The SMILES string of the molecule is C/C=C(\C=C/CNC/C(=C/N/C=C/C1=C(/C=C/C)C(C)(C)CCC1(C)C)B(/C=C/C)c1cc2c(o1)C(C)(C)CCC2(C)C)C(C)CCCC. The monoisotopic (exact) mass is 667 g/mol. The number of nitrogens with one attached hydrogen (secondary N) is 2. The average molecular weight is 667 g/mol. The predicted octanol–water partition coefficient (Wildman–Crippen LogP) is 11.6. The summed E-state index contributed by atoms with van der Waals surface area (Å²) in [7, 11) is 0. The lowest BCUT2D eigenvalue weighted by atomic mass is 9.42. The van der Waals surface area contributed by atoms with Crippen LogP contribution >= 0.6 is 0 Å². The minimum Gasteiger partial charge on any atom is -0.474 e. The van der Waals surface area contributed by atoms with Gasteiger partial charge in [0, 0.05) is 24.7 Å². The van der Waals surface area contributed by atoms with Gasteiger partial charge in [-0.1, -0.05) is 124 Å². The van der Waals surface area contributed by atoms with E-state index >= 15 is 0 Å². The van der Waals surface area contributed by atoms with Gasteiger partial charge in [0.2, 0.25) is 0 Å². The van der Waals surface area contributed by atoms with E-state index in [1.807, 2.05) is 0 Å². The van der Waals surface area contributed by atoms with Crippen molar-refractivity contribution in [2.75, 3.05) is 13.1 Å². The van der Waals surface area contributed by atoms with Crippen molar-refractivity contribution in [3.63, 3.8) is 0 Å². The summed E-state index contributed by atoms with van der Waals surface area (Å²) in [6.07, 6.45) is 28.7. The summed E-state index contributed by atoms with van der Waals surface area (Å²) in [6.45, 7) is 31.6. The van der Waals surface area contributed by atoms with E-state index in [1.54, 1.807) is 0 Å². The molecule has 0 spiro atoms. The highest BCUT2D eigenvalue weighted by Gasteiger charge is 2.42. The highest BCUT2D eigenvalue weighted by molar-refractivity contribution is 6.83. The smallest absolute Gasteiger partial charge is 0.278 e. The standard InChI is InChI=1S/C45H71BN2O/c1-14-18-21-34(5)35(17-4)22-19-29-47-32-36(33-48-30-23-38-37(20-15-2)42(6,7)24-25-43(38,8)9)46(28-16-3)40-31-39-41(49-40)45(12,13)27-26-44(39,10)11/h15-17,19-20,22-23,28,30-31,33-34,47-48H,14,18,21,24-27,29,32H2,1-13H3/b20-15+,22-19-,28-16+,30-23+,35-17+,36-33-. The maximum atomic E-state index is 6.88. The van der Waals surface area contributed by atoms with Gasteiger partial charge in [0.05, 0.1) is 5.66 Å². The fourth-order valence-electron chi connectivity index (χ4n) is 7.71. The van der Waals surface area contributed by atoms with Gasteiger partial charge in [-0.15, -0.1) is 5.98 Å². The first kappa shape index (κ1) is 40.7. The summed E-state index contributed by atoms with van der Waals surface area (Å²) in [5.41, 5.74) is 8.41. The molecule has 270 valence electrons. The van der Waals surface area contributed by atoms with Crippen molar-refractivity contribution >= 4 is 12.4 Å². The molecular weight excluding hydrogens is 595 g/mol. The maximum absolute atomic E-state index is 6.88. The molecule has 1 heterocycles. The van der Waals surface area contributed by atoms with Crippen LogP contribution in [0.1, 0.15) is 146 Å². The van der Waals surface area contributed by atoms with Crippen LogP contribution in [0.4, 0.5) is 0 Å². The topological polar surface area (TPSA) is 37.2 Å². The van der Waals surface area contributed by atoms with Crippen LogP contribution in [0, 0.1) is 16.7 Å². The van der Waals surface area contributed by atoms with Crippen LogP contribution in [-0.4, -0.2) is 19.8 Å². The van der Waals surface area contributed by atoms with Crippen molar-refractivity contribution in [2.24, 2.45) is 16.7 Å². The molecule has 0 saturated carbocycles. The van der Waals surface area contributed by atoms with E-state index in [9.17, 15) is 0 Å². The van der Waals surface area contributed by atoms with Crippen LogP contribution in [0.3, 0.4) is 0 Å². The van der Waals surface area contributed by atoms with E-state index in [0.29, 0.717) is 5.92 Å². The molecule has 0 radical (unpaired) electrons. The molecule has 2 aliphatic rings. The van der Waals surface area contributed by atoms with E-state index < -0.39 is 0 Å². The molecule has 3 nitrogen and oxygen atoms in total. The second-order valence-electron chi connectivity index (χ2n) is 17.3. The molecule has 1 unspecified atom stereocenters. The zero-order valence-electron chi connectivity index (χ0n) is 33.8. The molecule has 1 aromatic heterocycles. The lowest BCUT2D eigenvalue weighted by molar-refractivity contribution is 0.273. The molecule has 2 aliphatic carbocycles. The molecule has 1 aromatic rings. The van der Waals surface area contributed by atoms with Crippen LogP contribution in [0.5, 0.6) is 0 Å². The van der Waals surface area contributed by atoms with Crippen molar-refractivity contribution in [1.29, 1.82) is 0 Å². The summed E-state index contributed by atoms with van der Waals surface area (Å²) in [5.74, 6) is 4.05. The lowest BCUT2D eigenvalue weighted by Crippen LogP contribution is -2.36. The zero-order valence-corrected chi connectivity index (χ0v) is 33.8. The summed E-state index contributed by atoms with van der Waals surface area (Å²) in [6, 6.07) is 2.36. The lowest BCUT2D eigenvalue weighted by Gasteiger charge is -2.42. The third kappa shape index (κ3) is 10.4. The maximum Gasteiger partial charge on any atom is 0.278 e. The van der Waals surface area contributed by atoms with E-state index in [-0.39, 0.29) is 28.4 Å². The van der Waals surface area contributed by atoms with E-state index in [4.69, 9.17) is 4.42 Å². The Kier molecular flexibility index (Phi) is 14.5. The van der Waals surface area contributed by atoms with Crippen LogP contribution in [-0.2, 0) is 10.8 Å². The van der Waals surface area contributed by atoms with Gasteiger partial charge in [-0.05, 0) is 116 Å². The Morgan fingerprint density at radius 2 is 1.51 bits per heavy atom. The van der Waals surface area contributed by atoms with Gasteiger partial charge in [0.15, 0.2) is 0 Å². The minimum absolute atomic E-state index is 0.0302. The fraction of sp³-hybridized carbons (Fsp3) is 0.600. The van der Waals surface area contributed by atoms with Crippen molar-refractivity contribution in [1.82, 2.24) is 10.6 Å². The van der Waals surface area contributed by atoms with Gasteiger partial charge in [-0.2, -0.15) is 0 Å². The number of hydrogen-bond donors (Lipinski definition) is 2. The summed E-state index contributed by atoms with van der Waals surface area (Å²) >= 11 is 0. The molecule has 0 aliphatic heterocycles. The summed E-state index contributed by atoms with van der Waals surface area (Å²) < 4.78 is 6.88. The van der Waals surface area contributed by atoms with Crippen molar-refractivity contribution in [3.8, 4) is 0 Å². The first-order valence-electron chi connectivity index (χ1n) is 19.3. The Morgan fingerprint density at radius 3 is 2.10 bits per heavy atom. The Balaban J connectivity index is 1.96. The molecule has 4 heteroatoms. The zero-order chi connectivity index (χ0) is 36.5. The second-order valence-corrected chi connectivity index (χ2v) is 17.3. The van der Waals surface area contributed by atoms with Crippen LogP contribution < -0.4 is 16.3 Å². The highest BCUT2D eigenvalue weighted by atomic mass is 16.3. The van der Waals surface area contributed by atoms with Crippen LogP contribution in [0.15, 0.2) is 93.6 Å². The van der Waals surface area contributed by atoms with E-state index in [1.165, 1.54) is 66.3 Å². The number of fused-ring (bicyclic) bond motifs is 1. The predicted molar refractivity (Wildman–Crippen MR) is 218 cm³/mol. The van der Waals surface area contributed by atoms with Gasteiger partial charge in [-0.25, -0.2) is 0 Å².